The number of rotatable bonds is 8. The average molecular weight is 381 g/mol. The zero-order valence-electron chi connectivity index (χ0n) is 14.5. The summed E-state index contributed by atoms with van der Waals surface area (Å²) in [5.74, 6) is 0. The monoisotopic (exact) mass is 381 g/mol. The quantitative estimate of drug-likeness (QED) is 0.321. The first-order valence-electron chi connectivity index (χ1n) is 7.97. The van der Waals surface area contributed by atoms with Gasteiger partial charge in [-0.15, -0.1) is 11.3 Å². The summed E-state index contributed by atoms with van der Waals surface area (Å²) in [4.78, 5) is 4.47. The SMILES string of the molecule is Cc1ccc(-c2csc(N(C)/N=C/[C@H](O)[C@@H](O)[C@@H](O)[C@H](O)CO)n2)cc1. The van der Waals surface area contributed by atoms with Crippen LogP contribution in [0.5, 0.6) is 0 Å². The van der Waals surface area contributed by atoms with E-state index in [9.17, 15) is 20.4 Å². The van der Waals surface area contributed by atoms with Crippen LogP contribution in [-0.4, -0.2) is 74.8 Å². The van der Waals surface area contributed by atoms with Crippen LogP contribution in [0.4, 0.5) is 5.13 Å². The van der Waals surface area contributed by atoms with E-state index in [0.29, 0.717) is 5.13 Å². The number of nitrogens with zero attached hydrogens (tertiary/aromatic N) is 3. The molecule has 0 aliphatic heterocycles. The molecule has 5 N–H and O–H groups in total. The van der Waals surface area contributed by atoms with Crippen LogP contribution in [0.3, 0.4) is 0 Å². The third-order valence-corrected chi connectivity index (χ3v) is 4.70. The molecular weight excluding hydrogens is 358 g/mol. The van der Waals surface area contributed by atoms with Gasteiger partial charge in [0, 0.05) is 18.0 Å². The fourth-order valence-corrected chi connectivity index (χ4v) is 2.87. The molecule has 0 spiro atoms. The number of aliphatic hydroxyl groups excluding tert-OH is 5. The summed E-state index contributed by atoms with van der Waals surface area (Å²) in [6, 6.07) is 7.96. The minimum atomic E-state index is -1.69. The highest BCUT2D eigenvalue weighted by Gasteiger charge is 2.29. The first kappa shape index (κ1) is 20.4. The molecule has 8 nitrogen and oxygen atoms in total. The number of aryl methyl sites for hydroxylation is 1. The molecule has 0 amide bonds. The average Bonchev–Trinajstić information content (AvgIpc) is 3.14. The van der Waals surface area contributed by atoms with E-state index in [1.165, 1.54) is 16.3 Å². The van der Waals surface area contributed by atoms with E-state index in [1.54, 1.807) is 7.05 Å². The maximum atomic E-state index is 9.84. The van der Waals surface area contributed by atoms with Crippen molar-refractivity contribution < 1.29 is 25.5 Å². The predicted molar refractivity (Wildman–Crippen MR) is 100 cm³/mol. The van der Waals surface area contributed by atoms with Gasteiger partial charge in [0.15, 0.2) is 0 Å². The van der Waals surface area contributed by atoms with Crippen molar-refractivity contribution in [2.45, 2.75) is 31.3 Å². The minimum Gasteiger partial charge on any atom is -0.394 e. The lowest BCUT2D eigenvalue weighted by Crippen LogP contribution is -2.46. The Morgan fingerprint density at radius 3 is 2.42 bits per heavy atom. The molecule has 2 aromatic rings. The molecule has 26 heavy (non-hydrogen) atoms. The van der Waals surface area contributed by atoms with Gasteiger partial charge in [-0.25, -0.2) is 9.99 Å². The summed E-state index contributed by atoms with van der Waals surface area (Å²) in [7, 11) is 1.63. The van der Waals surface area contributed by atoms with Crippen molar-refractivity contribution in [2.75, 3.05) is 18.7 Å². The van der Waals surface area contributed by atoms with E-state index >= 15 is 0 Å². The van der Waals surface area contributed by atoms with Gasteiger partial charge < -0.3 is 25.5 Å². The predicted octanol–water partition coefficient (Wildman–Crippen LogP) is -0.0236. The lowest BCUT2D eigenvalue weighted by molar-refractivity contribution is -0.0999. The van der Waals surface area contributed by atoms with E-state index in [1.807, 2.05) is 36.6 Å². The summed E-state index contributed by atoms with van der Waals surface area (Å²) >= 11 is 1.37. The second-order valence-corrected chi connectivity index (χ2v) is 6.73. The van der Waals surface area contributed by atoms with E-state index in [2.05, 4.69) is 10.1 Å². The van der Waals surface area contributed by atoms with Gasteiger partial charge >= 0.3 is 0 Å². The van der Waals surface area contributed by atoms with Crippen LogP contribution >= 0.6 is 11.3 Å². The third-order valence-electron chi connectivity index (χ3n) is 3.79. The molecule has 1 aromatic heterocycles. The van der Waals surface area contributed by atoms with Gasteiger partial charge in [-0.3, -0.25) is 0 Å². The van der Waals surface area contributed by atoms with E-state index in [-0.39, 0.29) is 0 Å². The van der Waals surface area contributed by atoms with Crippen molar-refractivity contribution in [3.8, 4) is 11.3 Å². The van der Waals surface area contributed by atoms with Gasteiger partial charge in [-0.05, 0) is 6.92 Å². The zero-order chi connectivity index (χ0) is 19.3. The van der Waals surface area contributed by atoms with E-state index in [0.717, 1.165) is 23.0 Å². The van der Waals surface area contributed by atoms with Gasteiger partial charge in [0.2, 0.25) is 5.13 Å². The molecule has 0 aliphatic rings. The van der Waals surface area contributed by atoms with Crippen LogP contribution in [0, 0.1) is 6.92 Å². The summed E-state index contributed by atoms with van der Waals surface area (Å²) < 4.78 is 0. The smallest absolute Gasteiger partial charge is 0.206 e. The molecular formula is C17H23N3O5S. The fourth-order valence-electron chi connectivity index (χ4n) is 2.11. The molecule has 1 heterocycles. The number of aromatic nitrogens is 1. The summed E-state index contributed by atoms with van der Waals surface area (Å²) in [5, 5.41) is 55.1. The highest BCUT2D eigenvalue weighted by molar-refractivity contribution is 7.14. The molecule has 9 heteroatoms. The maximum absolute atomic E-state index is 9.84. The second-order valence-electron chi connectivity index (χ2n) is 5.89. The number of thiazole rings is 1. The third kappa shape index (κ3) is 5.07. The molecule has 1 aromatic carbocycles. The highest BCUT2D eigenvalue weighted by Crippen LogP contribution is 2.27. The lowest BCUT2D eigenvalue weighted by Gasteiger charge is -2.23. The molecule has 4 atom stereocenters. The summed E-state index contributed by atoms with van der Waals surface area (Å²) in [5.41, 5.74) is 2.94. The van der Waals surface area contributed by atoms with Crippen LogP contribution in [0.1, 0.15) is 5.56 Å². The van der Waals surface area contributed by atoms with Crippen LogP contribution in [0.15, 0.2) is 34.7 Å². The fraction of sp³-hybridized carbons (Fsp3) is 0.412. The first-order chi connectivity index (χ1) is 12.3. The Morgan fingerprint density at radius 1 is 1.15 bits per heavy atom. The molecule has 0 saturated heterocycles. The van der Waals surface area contributed by atoms with Crippen LogP contribution in [0.2, 0.25) is 0 Å². The number of hydrogen-bond acceptors (Lipinski definition) is 9. The summed E-state index contributed by atoms with van der Waals surface area (Å²) in [6.07, 6.45) is -5.43. The Bertz CT molecular complexity index is 721. The van der Waals surface area contributed by atoms with E-state index in [4.69, 9.17) is 5.11 Å². The molecule has 2 rings (SSSR count). The number of anilines is 1. The van der Waals surface area contributed by atoms with Crippen molar-refractivity contribution in [2.24, 2.45) is 5.10 Å². The Hall–Kier alpha value is -1.88. The molecule has 0 fully saturated rings. The molecule has 0 unspecified atom stereocenters. The van der Waals surface area contributed by atoms with Crippen molar-refractivity contribution in [1.29, 1.82) is 0 Å². The number of aliphatic hydroxyl groups is 5. The largest absolute Gasteiger partial charge is 0.394 e. The standard InChI is InChI=1S/C17H23N3O5S/c1-10-3-5-11(6-4-10)12-9-26-17(19-12)20(2)18-7-13(22)15(24)16(25)14(23)8-21/h3-7,9,13-16,21-25H,8H2,1-2H3/b18-7+/t13-,14+,15+,16-/m0/s1. The van der Waals surface area contributed by atoms with Crippen molar-refractivity contribution in [3.63, 3.8) is 0 Å². The van der Waals surface area contributed by atoms with E-state index < -0.39 is 31.0 Å². The molecule has 0 saturated carbocycles. The van der Waals surface area contributed by atoms with Crippen molar-refractivity contribution >= 4 is 22.7 Å². The number of hydrogen-bond donors (Lipinski definition) is 5. The Labute approximate surface area is 155 Å². The van der Waals surface area contributed by atoms with Gasteiger partial charge in [-0.1, -0.05) is 29.8 Å². The Morgan fingerprint density at radius 2 is 1.81 bits per heavy atom. The number of benzene rings is 1. The maximum Gasteiger partial charge on any atom is 0.206 e. The van der Waals surface area contributed by atoms with Gasteiger partial charge in [-0.2, -0.15) is 5.10 Å². The minimum absolute atomic E-state index is 0.578. The second kappa shape index (κ2) is 9.17. The highest BCUT2D eigenvalue weighted by atomic mass is 32.1. The Balaban J connectivity index is 2.02. The van der Waals surface area contributed by atoms with Gasteiger partial charge in [0.05, 0.1) is 18.5 Å². The molecule has 0 bridgehead atoms. The summed E-state index contributed by atoms with van der Waals surface area (Å²) in [6.45, 7) is 1.28. The molecule has 142 valence electrons. The molecule has 0 radical (unpaired) electrons. The van der Waals surface area contributed by atoms with Crippen molar-refractivity contribution in [3.05, 3.63) is 35.2 Å². The zero-order valence-corrected chi connectivity index (χ0v) is 15.3. The number of hydrazone groups is 1. The lowest BCUT2D eigenvalue weighted by atomic mass is 10.0. The van der Waals surface area contributed by atoms with Gasteiger partial charge in [0.1, 0.15) is 24.4 Å². The van der Waals surface area contributed by atoms with Crippen LogP contribution < -0.4 is 5.01 Å². The first-order valence-corrected chi connectivity index (χ1v) is 8.85. The van der Waals surface area contributed by atoms with Gasteiger partial charge in [0.25, 0.3) is 0 Å². The Kier molecular flexibility index (Phi) is 7.21. The van der Waals surface area contributed by atoms with Crippen molar-refractivity contribution in [1.82, 2.24) is 4.98 Å². The normalized spacial score (nSPS) is 16.4. The van der Waals surface area contributed by atoms with Crippen LogP contribution in [-0.2, 0) is 0 Å². The topological polar surface area (TPSA) is 130 Å². The molecule has 0 aliphatic carbocycles. The van der Waals surface area contributed by atoms with Crippen LogP contribution in [0.25, 0.3) is 11.3 Å².